The number of aryl methyl sites for hydroxylation is 1. The number of amides is 1. The zero-order chi connectivity index (χ0) is 16.9. The molecule has 2 aromatic heterocycles. The molecule has 0 aliphatic rings. The van der Waals surface area contributed by atoms with Gasteiger partial charge in [0.1, 0.15) is 0 Å². The second-order valence-electron chi connectivity index (χ2n) is 5.29. The van der Waals surface area contributed by atoms with Crippen LogP contribution < -0.4 is 5.32 Å². The van der Waals surface area contributed by atoms with Gasteiger partial charge in [-0.3, -0.25) is 14.5 Å². The fourth-order valence-corrected chi connectivity index (χ4v) is 2.39. The van der Waals surface area contributed by atoms with E-state index in [0.717, 1.165) is 16.8 Å². The summed E-state index contributed by atoms with van der Waals surface area (Å²) in [6.45, 7) is 0.341. The molecule has 1 amide bonds. The highest BCUT2D eigenvalue weighted by Crippen LogP contribution is 2.20. The predicted octanol–water partition coefficient (Wildman–Crippen LogP) is 2.28. The van der Waals surface area contributed by atoms with Crippen molar-refractivity contribution in [3.8, 4) is 17.3 Å². The van der Waals surface area contributed by atoms with Gasteiger partial charge in [-0.2, -0.15) is 10.4 Å². The number of benzene rings is 1. The number of aromatic nitrogens is 3. The first-order chi connectivity index (χ1) is 11.7. The van der Waals surface area contributed by atoms with E-state index in [1.54, 1.807) is 41.3 Å². The molecule has 0 spiro atoms. The summed E-state index contributed by atoms with van der Waals surface area (Å²) >= 11 is 0. The monoisotopic (exact) mass is 317 g/mol. The lowest BCUT2D eigenvalue weighted by Gasteiger charge is -2.09. The lowest BCUT2D eigenvalue weighted by Crippen LogP contribution is -2.23. The molecule has 6 heteroatoms. The van der Waals surface area contributed by atoms with E-state index < -0.39 is 0 Å². The average Bonchev–Trinajstić information content (AvgIpc) is 3.06. The van der Waals surface area contributed by atoms with Crippen molar-refractivity contribution in [1.82, 2.24) is 20.1 Å². The maximum Gasteiger partial charge on any atom is 0.251 e. The fraction of sp³-hybridized carbons (Fsp3) is 0.111. The third-order valence-electron chi connectivity index (χ3n) is 3.56. The highest BCUT2D eigenvalue weighted by atomic mass is 16.1. The van der Waals surface area contributed by atoms with Gasteiger partial charge in [-0.1, -0.05) is 12.1 Å². The highest BCUT2D eigenvalue weighted by Gasteiger charge is 2.11. The van der Waals surface area contributed by atoms with Crippen LogP contribution in [-0.4, -0.2) is 20.7 Å². The summed E-state index contributed by atoms with van der Waals surface area (Å²) in [5, 5.41) is 15.9. The van der Waals surface area contributed by atoms with Crippen molar-refractivity contribution in [2.75, 3.05) is 0 Å². The Balaban J connectivity index is 1.77. The molecule has 0 saturated heterocycles. The van der Waals surface area contributed by atoms with Crippen LogP contribution in [0.5, 0.6) is 0 Å². The van der Waals surface area contributed by atoms with Crippen molar-refractivity contribution in [3.63, 3.8) is 0 Å². The molecule has 0 fully saturated rings. The zero-order valence-corrected chi connectivity index (χ0v) is 13.1. The Labute approximate surface area is 139 Å². The molecule has 0 atom stereocenters. The molecule has 3 aromatic rings. The number of hydrogen-bond donors (Lipinski definition) is 1. The summed E-state index contributed by atoms with van der Waals surface area (Å²) < 4.78 is 1.71. The van der Waals surface area contributed by atoms with Gasteiger partial charge in [0.15, 0.2) is 0 Å². The number of nitrogens with one attached hydrogen (secondary N) is 1. The van der Waals surface area contributed by atoms with Crippen molar-refractivity contribution in [1.29, 1.82) is 5.26 Å². The number of carbonyl (C=O) groups is 1. The largest absolute Gasteiger partial charge is 0.348 e. The normalized spacial score (nSPS) is 10.2. The van der Waals surface area contributed by atoms with Crippen LogP contribution in [0.25, 0.3) is 11.3 Å². The number of nitriles is 1. The first kappa shape index (κ1) is 15.4. The van der Waals surface area contributed by atoms with Gasteiger partial charge in [0.25, 0.3) is 5.91 Å². The Hall–Kier alpha value is -3.46. The summed E-state index contributed by atoms with van der Waals surface area (Å²) in [5.41, 5.74) is 3.50. The number of hydrogen-bond acceptors (Lipinski definition) is 4. The number of nitrogens with zero attached hydrogens (tertiary/aromatic N) is 4. The number of carbonyl (C=O) groups excluding carboxylic acids is 1. The smallest absolute Gasteiger partial charge is 0.251 e. The molecule has 2 heterocycles. The van der Waals surface area contributed by atoms with Crippen LogP contribution in [0.1, 0.15) is 21.5 Å². The molecule has 0 saturated carbocycles. The van der Waals surface area contributed by atoms with E-state index in [-0.39, 0.29) is 5.91 Å². The minimum absolute atomic E-state index is 0.229. The molecule has 3 rings (SSSR count). The molecule has 24 heavy (non-hydrogen) atoms. The van der Waals surface area contributed by atoms with Gasteiger partial charge >= 0.3 is 0 Å². The van der Waals surface area contributed by atoms with Crippen molar-refractivity contribution >= 4 is 5.91 Å². The van der Waals surface area contributed by atoms with Crippen LogP contribution in [-0.2, 0) is 13.6 Å². The average molecular weight is 317 g/mol. The Morgan fingerprint density at radius 3 is 2.96 bits per heavy atom. The molecular formula is C18H15N5O. The Morgan fingerprint density at radius 1 is 1.33 bits per heavy atom. The fourth-order valence-electron chi connectivity index (χ4n) is 2.39. The van der Waals surface area contributed by atoms with Gasteiger partial charge < -0.3 is 5.32 Å². The second-order valence-corrected chi connectivity index (χ2v) is 5.29. The third kappa shape index (κ3) is 3.31. The van der Waals surface area contributed by atoms with E-state index in [2.05, 4.69) is 15.4 Å². The molecular weight excluding hydrogens is 302 g/mol. The van der Waals surface area contributed by atoms with Gasteiger partial charge in [-0.05, 0) is 29.8 Å². The summed E-state index contributed by atoms with van der Waals surface area (Å²) in [7, 11) is 1.84. The summed E-state index contributed by atoms with van der Waals surface area (Å²) in [4.78, 5) is 16.7. The molecule has 0 aliphatic heterocycles. The lowest BCUT2D eigenvalue weighted by molar-refractivity contribution is 0.0951. The number of rotatable bonds is 4. The zero-order valence-electron chi connectivity index (χ0n) is 13.1. The van der Waals surface area contributed by atoms with Crippen molar-refractivity contribution < 1.29 is 4.79 Å². The molecule has 0 aliphatic carbocycles. The van der Waals surface area contributed by atoms with E-state index in [4.69, 9.17) is 5.26 Å². The molecule has 1 N–H and O–H groups in total. The molecule has 0 unspecified atom stereocenters. The standard InChI is InChI=1S/C18H15N5O/c1-23-12-16(11-22-23)17-15(6-3-7-20-17)10-21-18(24)14-5-2-4-13(8-14)9-19/h2-8,11-12H,10H2,1H3,(H,21,24). The van der Waals surface area contributed by atoms with Gasteiger partial charge in [0, 0.05) is 37.1 Å². The summed E-state index contributed by atoms with van der Waals surface area (Å²) in [6, 6.07) is 12.4. The van der Waals surface area contributed by atoms with E-state index >= 15 is 0 Å². The van der Waals surface area contributed by atoms with Crippen LogP contribution in [0.15, 0.2) is 55.0 Å². The molecule has 0 bridgehead atoms. The maximum atomic E-state index is 12.3. The number of pyridine rings is 1. The quantitative estimate of drug-likeness (QED) is 0.800. The van der Waals surface area contributed by atoms with Crippen LogP contribution in [0, 0.1) is 11.3 Å². The van der Waals surface area contributed by atoms with Gasteiger partial charge in [-0.15, -0.1) is 0 Å². The van der Waals surface area contributed by atoms with E-state index in [1.165, 1.54) is 0 Å². The minimum Gasteiger partial charge on any atom is -0.348 e. The van der Waals surface area contributed by atoms with Crippen molar-refractivity contribution in [2.24, 2.45) is 7.05 Å². The predicted molar refractivity (Wildman–Crippen MR) is 88.8 cm³/mol. The highest BCUT2D eigenvalue weighted by molar-refractivity contribution is 5.94. The maximum absolute atomic E-state index is 12.3. The van der Waals surface area contributed by atoms with E-state index in [1.807, 2.05) is 31.4 Å². The van der Waals surface area contributed by atoms with Crippen LogP contribution in [0.2, 0.25) is 0 Å². The van der Waals surface area contributed by atoms with E-state index in [0.29, 0.717) is 17.7 Å². The summed E-state index contributed by atoms with van der Waals surface area (Å²) in [6.07, 6.45) is 5.33. The Kier molecular flexibility index (Phi) is 4.34. The van der Waals surface area contributed by atoms with Crippen molar-refractivity contribution in [2.45, 2.75) is 6.54 Å². The molecule has 6 nitrogen and oxygen atoms in total. The Bertz CT molecular complexity index is 923. The minimum atomic E-state index is -0.229. The third-order valence-corrected chi connectivity index (χ3v) is 3.56. The van der Waals surface area contributed by atoms with E-state index in [9.17, 15) is 4.79 Å². The second kappa shape index (κ2) is 6.75. The van der Waals surface area contributed by atoms with Crippen molar-refractivity contribution in [3.05, 3.63) is 71.7 Å². The van der Waals surface area contributed by atoms with Crippen LogP contribution in [0.3, 0.4) is 0 Å². The van der Waals surface area contributed by atoms with Gasteiger partial charge in [-0.25, -0.2) is 0 Å². The summed E-state index contributed by atoms with van der Waals surface area (Å²) in [5.74, 6) is -0.229. The van der Waals surface area contributed by atoms with Gasteiger partial charge in [0.2, 0.25) is 0 Å². The van der Waals surface area contributed by atoms with Crippen LogP contribution in [0.4, 0.5) is 0 Å². The molecule has 0 radical (unpaired) electrons. The first-order valence-electron chi connectivity index (χ1n) is 7.38. The topological polar surface area (TPSA) is 83.6 Å². The first-order valence-corrected chi connectivity index (χ1v) is 7.38. The Morgan fingerprint density at radius 2 is 2.21 bits per heavy atom. The van der Waals surface area contributed by atoms with Crippen LogP contribution >= 0.6 is 0 Å². The SMILES string of the molecule is Cn1cc(-c2ncccc2CNC(=O)c2cccc(C#N)c2)cn1. The molecule has 118 valence electrons. The molecule has 1 aromatic carbocycles. The van der Waals surface area contributed by atoms with Gasteiger partial charge in [0.05, 0.1) is 23.5 Å². The lowest BCUT2D eigenvalue weighted by atomic mass is 10.1.